The van der Waals surface area contributed by atoms with E-state index in [-0.39, 0.29) is 0 Å². The van der Waals surface area contributed by atoms with Gasteiger partial charge in [0.1, 0.15) is 0 Å². The molecule has 0 radical (unpaired) electrons. The molecule has 0 aromatic rings. The van der Waals surface area contributed by atoms with Crippen LogP contribution in [0.15, 0.2) is 0 Å². The van der Waals surface area contributed by atoms with Crippen molar-refractivity contribution < 1.29 is 4.79 Å². The zero-order chi connectivity index (χ0) is 5.70. The molecule has 7 heavy (non-hydrogen) atoms. The van der Waals surface area contributed by atoms with E-state index in [1.54, 1.807) is 11.9 Å². The van der Waals surface area contributed by atoms with Gasteiger partial charge in [0.05, 0.1) is 0 Å². The second-order valence-electron chi connectivity index (χ2n) is 1.27. The van der Waals surface area contributed by atoms with Crippen molar-refractivity contribution in [1.29, 1.82) is 0 Å². The van der Waals surface area contributed by atoms with Crippen LogP contribution in [0.25, 0.3) is 0 Å². The Bertz CT molecular complexity index is 57.7. The van der Waals surface area contributed by atoms with Gasteiger partial charge in [-0.3, -0.25) is 4.79 Å². The topological polar surface area (TPSA) is 20.3 Å². The van der Waals surface area contributed by atoms with E-state index in [0.717, 1.165) is 18.3 Å². The van der Waals surface area contributed by atoms with Crippen molar-refractivity contribution in [3.8, 4) is 0 Å². The molecule has 0 aliphatic carbocycles. The second-order valence-corrected chi connectivity index (χ2v) is 2.07. The highest BCUT2D eigenvalue weighted by Gasteiger charge is 1.85. The smallest absolute Gasteiger partial charge is 0.209 e. The molecule has 0 fully saturated rings. The van der Waals surface area contributed by atoms with Crippen LogP contribution in [0.1, 0.15) is 0 Å². The van der Waals surface area contributed by atoms with Crippen molar-refractivity contribution in [2.75, 3.05) is 18.9 Å². The maximum absolute atomic E-state index is 9.80. The van der Waals surface area contributed by atoms with Gasteiger partial charge in [0.15, 0.2) is 0 Å². The van der Waals surface area contributed by atoms with Crippen molar-refractivity contribution in [2.45, 2.75) is 0 Å². The fraction of sp³-hybridized carbons (Fsp3) is 0.750. The summed E-state index contributed by atoms with van der Waals surface area (Å²) in [5.74, 6) is 0. The van der Waals surface area contributed by atoms with Gasteiger partial charge in [-0.2, -0.15) is 0 Å². The molecule has 0 saturated heterocycles. The highest BCUT2D eigenvalue weighted by atomic mass is 79.9. The summed E-state index contributed by atoms with van der Waals surface area (Å²) in [6.45, 7) is 0.781. The van der Waals surface area contributed by atoms with Crippen LogP contribution in [0, 0.1) is 0 Å². The molecule has 0 bridgehead atoms. The van der Waals surface area contributed by atoms with E-state index in [4.69, 9.17) is 0 Å². The normalized spacial score (nSPS) is 8.29. The van der Waals surface area contributed by atoms with Crippen LogP contribution in [-0.4, -0.2) is 30.2 Å². The molecule has 0 aromatic heterocycles. The van der Waals surface area contributed by atoms with E-state index in [0.29, 0.717) is 0 Å². The predicted octanol–water partition coefficient (Wildman–Crippen LogP) is 0.469. The average molecular weight is 166 g/mol. The van der Waals surface area contributed by atoms with Gasteiger partial charge in [0, 0.05) is 18.9 Å². The number of hydrogen-bond acceptors (Lipinski definition) is 1. The first kappa shape index (κ1) is 6.95. The third-order valence-electron chi connectivity index (χ3n) is 0.617. The first-order valence-electron chi connectivity index (χ1n) is 2.02. The Balaban J connectivity index is 2.98. The molecule has 0 atom stereocenters. The minimum absolute atomic E-state index is 0.781. The molecule has 0 aliphatic heterocycles. The minimum Gasteiger partial charge on any atom is -0.347 e. The molecule has 0 rings (SSSR count). The Hall–Kier alpha value is -0.0500. The number of carbonyl (C=O) groups excluding carboxylic acids is 1. The van der Waals surface area contributed by atoms with E-state index >= 15 is 0 Å². The van der Waals surface area contributed by atoms with Gasteiger partial charge in [-0.15, -0.1) is 0 Å². The molecule has 2 nitrogen and oxygen atoms in total. The van der Waals surface area contributed by atoms with Crippen LogP contribution in [0.3, 0.4) is 0 Å². The fourth-order valence-electron chi connectivity index (χ4n) is 0.186. The lowest BCUT2D eigenvalue weighted by molar-refractivity contribution is -0.116. The summed E-state index contributed by atoms with van der Waals surface area (Å²) in [6, 6.07) is 0. The summed E-state index contributed by atoms with van der Waals surface area (Å²) in [6.07, 6.45) is 0.807. The minimum atomic E-state index is 0.781. The van der Waals surface area contributed by atoms with Crippen LogP contribution in [-0.2, 0) is 4.79 Å². The molecule has 0 aromatic carbocycles. The first-order valence-corrected chi connectivity index (χ1v) is 3.15. The lowest BCUT2D eigenvalue weighted by Gasteiger charge is -2.04. The van der Waals surface area contributed by atoms with E-state index in [9.17, 15) is 4.79 Å². The number of alkyl halides is 1. The van der Waals surface area contributed by atoms with E-state index in [1.165, 1.54) is 0 Å². The number of amides is 1. The Morgan fingerprint density at radius 2 is 2.43 bits per heavy atom. The highest BCUT2D eigenvalue weighted by Crippen LogP contribution is 1.80. The average Bonchev–Trinajstić information content (AvgIpc) is 1.68. The van der Waals surface area contributed by atoms with Crippen molar-refractivity contribution in [3.05, 3.63) is 0 Å². The van der Waals surface area contributed by atoms with Gasteiger partial charge in [-0.1, -0.05) is 15.9 Å². The van der Waals surface area contributed by atoms with Crippen molar-refractivity contribution in [1.82, 2.24) is 4.90 Å². The number of nitrogens with zero attached hydrogens (tertiary/aromatic N) is 1. The molecule has 0 heterocycles. The fourth-order valence-corrected chi connectivity index (χ4v) is 0.745. The lowest BCUT2D eigenvalue weighted by Crippen LogP contribution is -2.17. The maximum Gasteiger partial charge on any atom is 0.209 e. The predicted molar refractivity (Wildman–Crippen MR) is 32.5 cm³/mol. The number of carbonyl (C=O) groups is 1. The summed E-state index contributed by atoms with van der Waals surface area (Å²) in [5.41, 5.74) is 0. The van der Waals surface area contributed by atoms with Gasteiger partial charge in [0.2, 0.25) is 6.41 Å². The molecule has 42 valence electrons. The molecule has 0 spiro atoms. The van der Waals surface area contributed by atoms with Gasteiger partial charge in [-0.05, 0) is 0 Å². The van der Waals surface area contributed by atoms with E-state index in [1.807, 2.05) is 0 Å². The van der Waals surface area contributed by atoms with Crippen LogP contribution >= 0.6 is 15.9 Å². The van der Waals surface area contributed by atoms with Crippen molar-refractivity contribution >= 4 is 22.3 Å². The maximum atomic E-state index is 9.80. The molecular formula is C4H8BrNO. The Morgan fingerprint density at radius 1 is 1.86 bits per heavy atom. The SMILES string of the molecule is CN(C=O)CCBr. The first-order chi connectivity index (χ1) is 3.31. The monoisotopic (exact) mass is 165 g/mol. The third-order valence-corrected chi connectivity index (χ3v) is 0.972. The zero-order valence-corrected chi connectivity index (χ0v) is 5.81. The third kappa shape index (κ3) is 3.79. The van der Waals surface area contributed by atoms with Gasteiger partial charge >= 0.3 is 0 Å². The molecule has 0 aliphatic rings. The highest BCUT2D eigenvalue weighted by molar-refractivity contribution is 9.09. The van der Waals surface area contributed by atoms with Gasteiger partial charge < -0.3 is 4.90 Å². The standard InChI is InChI=1S/C4H8BrNO/c1-6(4-7)3-2-5/h4H,2-3H2,1H3. The zero-order valence-electron chi connectivity index (χ0n) is 4.22. The van der Waals surface area contributed by atoms with Crippen LogP contribution in [0.4, 0.5) is 0 Å². The molecule has 0 saturated carbocycles. The number of halogens is 1. The van der Waals surface area contributed by atoms with Crippen molar-refractivity contribution in [2.24, 2.45) is 0 Å². The van der Waals surface area contributed by atoms with E-state index in [2.05, 4.69) is 15.9 Å². The summed E-state index contributed by atoms with van der Waals surface area (Å²) < 4.78 is 0. The van der Waals surface area contributed by atoms with Crippen LogP contribution < -0.4 is 0 Å². The summed E-state index contributed by atoms with van der Waals surface area (Å²) in [5, 5.41) is 0.849. The number of hydrogen-bond donors (Lipinski definition) is 0. The largest absolute Gasteiger partial charge is 0.347 e. The molecule has 0 unspecified atom stereocenters. The molecule has 1 amide bonds. The van der Waals surface area contributed by atoms with E-state index < -0.39 is 0 Å². The van der Waals surface area contributed by atoms with Gasteiger partial charge in [-0.25, -0.2) is 0 Å². The summed E-state index contributed by atoms with van der Waals surface area (Å²) >= 11 is 3.19. The summed E-state index contributed by atoms with van der Waals surface area (Å²) in [7, 11) is 1.74. The lowest BCUT2D eigenvalue weighted by atomic mass is 10.7. The Labute approximate surface area is 51.6 Å². The molecular weight excluding hydrogens is 158 g/mol. The van der Waals surface area contributed by atoms with Gasteiger partial charge in [0.25, 0.3) is 0 Å². The Morgan fingerprint density at radius 3 is 2.57 bits per heavy atom. The summed E-state index contributed by atoms with van der Waals surface area (Å²) in [4.78, 5) is 11.4. The van der Waals surface area contributed by atoms with Crippen LogP contribution in [0.5, 0.6) is 0 Å². The number of rotatable bonds is 3. The Kier molecular flexibility index (Phi) is 4.09. The quantitative estimate of drug-likeness (QED) is 0.440. The molecule has 0 N–H and O–H groups in total. The second kappa shape index (κ2) is 4.12. The van der Waals surface area contributed by atoms with Crippen LogP contribution in [0.2, 0.25) is 0 Å². The molecule has 3 heteroatoms. The van der Waals surface area contributed by atoms with Crippen molar-refractivity contribution in [3.63, 3.8) is 0 Å².